The summed E-state index contributed by atoms with van der Waals surface area (Å²) in [5.41, 5.74) is 0. The molecule has 9 heteroatoms. The molecule has 0 heterocycles. The number of esters is 2. The van der Waals surface area contributed by atoms with Crippen molar-refractivity contribution in [2.75, 3.05) is 13.2 Å². The molecule has 0 fully saturated rings. The molecule has 0 spiro atoms. The first-order valence-electron chi connectivity index (χ1n) is 7.32. The molecule has 0 aromatic rings. The zero-order valence-corrected chi connectivity index (χ0v) is 18.5. The summed E-state index contributed by atoms with van der Waals surface area (Å²) >= 11 is 0. The van der Waals surface area contributed by atoms with E-state index in [0.717, 1.165) is 0 Å². The second-order valence-electron chi connectivity index (χ2n) is 5.96. The number of rotatable bonds is 10. The predicted molar refractivity (Wildman–Crippen MR) is 81.9 cm³/mol. The number of hydrogen-bond donors (Lipinski definition) is 1. The largest absolute Gasteiger partial charge is 1.00 e. The minimum atomic E-state index is -4.73. The van der Waals surface area contributed by atoms with Crippen LogP contribution in [0, 0.1) is 11.8 Å². The van der Waals surface area contributed by atoms with E-state index in [0.29, 0.717) is 18.8 Å². The summed E-state index contributed by atoms with van der Waals surface area (Å²) in [5, 5.41) is -1.94. The van der Waals surface area contributed by atoms with Gasteiger partial charge in [-0.15, -0.1) is 0 Å². The SMILES string of the molecule is CC(C)CCOC(=O)CC(C(=O)OCCC(C)C)S(=O)(=O)O.[H-].[K+]. The normalized spacial score (nSPS) is 12.7. The van der Waals surface area contributed by atoms with Crippen LogP contribution < -0.4 is 51.4 Å². The number of carbonyl (C=O) groups excluding carboxylic acids is 2. The molecule has 132 valence electrons. The van der Waals surface area contributed by atoms with Gasteiger partial charge >= 0.3 is 63.3 Å². The van der Waals surface area contributed by atoms with Gasteiger partial charge in [0.05, 0.1) is 19.6 Å². The maximum Gasteiger partial charge on any atom is 1.00 e. The molecule has 0 amide bonds. The van der Waals surface area contributed by atoms with E-state index >= 15 is 0 Å². The quantitative estimate of drug-likeness (QED) is 0.293. The van der Waals surface area contributed by atoms with E-state index in [1.54, 1.807) is 0 Å². The molecule has 1 atom stereocenters. The van der Waals surface area contributed by atoms with Crippen LogP contribution in [0.2, 0.25) is 0 Å². The number of carbonyl (C=O) groups is 2. The van der Waals surface area contributed by atoms with Crippen LogP contribution in [0.1, 0.15) is 48.4 Å². The van der Waals surface area contributed by atoms with E-state index in [1.807, 2.05) is 27.7 Å². The Morgan fingerprint density at radius 1 is 1.00 bits per heavy atom. The monoisotopic (exact) mass is 378 g/mol. The Morgan fingerprint density at radius 2 is 1.43 bits per heavy atom. The van der Waals surface area contributed by atoms with Crippen LogP contribution in [0.3, 0.4) is 0 Å². The Labute approximate surface area is 182 Å². The fourth-order valence-corrected chi connectivity index (χ4v) is 2.08. The van der Waals surface area contributed by atoms with Crippen LogP contribution in [0.25, 0.3) is 0 Å². The van der Waals surface area contributed by atoms with Gasteiger partial charge in [0.2, 0.25) is 0 Å². The molecule has 1 unspecified atom stereocenters. The standard InChI is InChI=1S/C14H26O7S.K.H/c1-10(2)5-7-20-13(15)9-12(22(17,18)19)14(16)21-8-6-11(3)4;;/h10-12H,5-9H2,1-4H3,(H,17,18,19);;/q;+1;-1. The summed E-state index contributed by atoms with van der Waals surface area (Å²) in [6.45, 7) is 7.89. The van der Waals surface area contributed by atoms with Crippen molar-refractivity contribution in [3.63, 3.8) is 0 Å². The third-order valence-electron chi connectivity index (χ3n) is 2.87. The fourth-order valence-electron chi connectivity index (χ4n) is 1.42. The van der Waals surface area contributed by atoms with Crippen molar-refractivity contribution < 1.29 is 84.8 Å². The smallest absolute Gasteiger partial charge is 1.00 e. The molecular weight excluding hydrogens is 351 g/mol. The van der Waals surface area contributed by atoms with Gasteiger partial charge in [0.1, 0.15) is 0 Å². The maximum atomic E-state index is 11.7. The Balaban J connectivity index is -0.00000220. The summed E-state index contributed by atoms with van der Waals surface area (Å²) < 4.78 is 41.2. The van der Waals surface area contributed by atoms with Gasteiger partial charge in [0.25, 0.3) is 10.1 Å². The molecule has 0 aromatic carbocycles. The van der Waals surface area contributed by atoms with Crippen molar-refractivity contribution in [3.05, 3.63) is 0 Å². The van der Waals surface area contributed by atoms with Crippen LogP contribution in [0.15, 0.2) is 0 Å². The fraction of sp³-hybridized carbons (Fsp3) is 0.857. The van der Waals surface area contributed by atoms with Crippen molar-refractivity contribution in [3.8, 4) is 0 Å². The Bertz CT molecular complexity index is 466. The van der Waals surface area contributed by atoms with Crippen molar-refractivity contribution in [1.29, 1.82) is 0 Å². The zero-order chi connectivity index (χ0) is 17.3. The van der Waals surface area contributed by atoms with Gasteiger partial charge in [0, 0.05) is 0 Å². The Hall–Kier alpha value is 0.486. The van der Waals surface area contributed by atoms with Crippen LogP contribution in [-0.2, 0) is 29.2 Å². The van der Waals surface area contributed by atoms with E-state index in [9.17, 15) is 18.0 Å². The molecule has 7 nitrogen and oxygen atoms in total. The van der Waals surface area contributed by atoms with E-state index < -0.39 is 33.7 Å². The van der Waals surface area contributed by atoms with Crippen LogP contribution in [0.4, 0.5) is 0 Å². The first-order chi connectivity index (χ1) is 10.0. The Kier molecular flexibility index (Phi) is 14.3. The summed E-state index contributed by atoms with van der Waals surface area (Å²) in [7, 11) is -4.73. The minimum absolute atomic E-state index is 0. The van der Waals surface area contributed by atoms with E-state index in [4.69, 9.17) is 14.0 Å². The first kappa shape index (κ1) is 25.7. The summed E-state index contributed by atoms with van der Waals surface area (Å²) in [6, 6.07) is 0. The van der Waals surface area contributed by atoms with Crippen LogP contribution in [-0.4, -0.2) is 43.4 Å². The van der Waals surface area contributed by atoms with Gasteiger partial charge in [-0.25, -0.2) is 0 Å². The van der Waals surface area contributed by atoms with E-state index in [2.05, 4.69) is 0 Å². The average Bonchev–Trinajstić information content (AvgIpc) is 2.33. The van der Waals surface area contributed by atoms with Gasteiger partial charge in [-0.3, -0.25) is 14.1 Å². The molecule has 23 heavy (non-hydrogen) atoms. The molecule has 0 saturated heterocycles. The topological polar surface area (TPSA) is 107 Å². The second-order valence-corrected chi connectivity index (χ2v) is 7.56. The predicted octanol–water partition coefficient (Wildman–Crippen LogP) is -1.07. The van der Waals surface area contributed by atoms with Gasteiger partial charge < -0.3 is 10.9 Å². The number of hydrogen-bond acceptors (Lipinski definition) is 6. The zero-order valence-electron chi connectivity index (χ0n) is 15.6. The summed E-state index contributed by atoms with van der Waals surface area (Å²) in [4.78, 5) is 23.3. The molecule has 0 saturated carbocycles. The molecule has 0 aromatic heterocycles. The van der Waals surface area contributed by atoms with Crippen molar-refractivity contribution in [2.45, 2.75) is 52.2 Å². The Morgan fingerprint density at radius 3 is 1.83 bits per heavy atom. The van der Waals surface area contributed by atoms with Gasteiger partial charge in [-0.2, -0.15) is 8.42 Å². The van der Waals surface area contributed by atoms with E-state index in [-0.39, 0.29) is 71.9 Å². The summed E-state index contributed by atoms with van der Waals surface area (Å²) in [5.74, 6) is -1.39. The van der Waals surface area contributed by atoms with Crippen LogP contribution in [0.5, 0.6) is 0 Å². The molecule has 0 radical (unpaired) electrons. The summed E-state index contributed by atoms with van der Waals surface area (Å²) in [6.07, 6.45) is 0.432. The van der Waals surface area contributed by atoms with Crippen LogP contribution >= 0.6 is 0 Å². The van der Waals surface area contributed by atoms with Crippen molar-refractivity contribution in [2.24, 2.45) is 11.8 Å². The third kappa shape index (κ3) is 13.5. The van der Waals surface area contributed by atoms with Crippen molar-refractivity contribution in [1.82, 2.24) is 0 Å². The first-order valence-corrected chi connectivity index (χ1v) is 8.83. The number of ether oxygens (including phenoxy) is 2. The third-order valence-corrected chi connectivity index (χ3v) is 3.95. The minimum Gasteiger partial charge on any atom is -1.00 e. The second kappa shape index (κ2) is 12.8. The van der Waals surface area contributed by atoms with E-state index in [1.165, 1.54) is 0 Å². The molecule has 0 bridgehead atoms. The molecular formula is C14H27KO7S. The molecule has 1 N–H and O–H groups in total. The molecule has 0 aliphatic heterocycles. The molecule has 0 rings (SSSR count). The van der Waals surface area contributed by atoms with Crippen molar-refractivity contribution >= 4 is 22.1 Å². The van der Waals surface area contributed by atoms with Gasteiger partial charge in [-0.1, -0.05) is 27.7 Å². The molecule has 0 aliphatic carbocycles. The van der Waals surface area contributed by atoms with Gasteiger partial charge in [0.15, 0.2) is 5.25 Å². The molecule has 0 aliphatic rings. The van der Waals surface area contributed by atoms with Gasteiger partial charge in [-0.05, 0) is 24.7 Å². The maximum absolute atomic E-state index is 11.7. The average molecular weight is 379 g/mol.